The largest absolute Gasteiger partial charge is 0.455 e. The zero-order valence-corrected chi connectivity index (χ0v) is 12.0. The van der Waals surface area contributed by atoms with Crippen molar-refractivity contribution in [3.05, 3.63) is 53.3 Å². The number of pyridine rings is 1. The molecule has 1 aliphatic rings. The number of nitrogens with zero attached hydrogens (tertiary/aromatic N) is 1. The van der Waals surface area contributed by atoms with Crippen molar-refractivity contribution in [1.82, 2.24) is 10.3 Å². The van der Waals surface area contributed by atoms with Crippen LogP contribution in [0.4, 0.5) is 0 Å². The summed E-state index contributed by atoms with van der Waals surface area (Å²) in [7, 11) is 0. The predicted molar refractivity (Wildman–Crippen MR) is 80.1 cm³/mol. The summed E-state index contributed by atoms with van der Waals surface area (Å²) in [5.41, 5.74) is 3.56. The van der Waals surface area contributed by atoms with Gasteiger partial charge in [0.2, 0.25) is 0 Å². The SMILES string of the molecule is Cc1ccc(Oc2cncc(CNC3CC3)c2)c(C)c1. The molecule has 1 aromatic carbocycles. The highest BCUT2D eigenvalue weighted by Crippen LogP contribution is 2.26. The summed E-state index contributed by atoms with van der Waals surface area (Å²) in [5, 5.41) is 3.49. The number of hydrogen-bond acceptors (Lipinski definition) is 3. The van der Waals surface area contributed by atoms with Gasteiger partial charge in [-0.05, 0) is 49.9 Å². The molecule has 0 saturated heterocycles. The van der Waals surface area contributed by atoms with Gasteiger partial charge in [-0.15, -0.1) is 0 Å². The summed E-state index contributed by atoms with van der Waals surface area (Å²) in [6.07, 6.45) is 6.25. The third-order valence-electron chi connectivity index (χ3n) is 3.50. The van der Waals surface area contributed by atoms with Crippen molar-refractivity contribution in [2.24, 2.45) is 0 Å². The van der Waals surface area contributed by atoms with E-state index in [1.54, 1.807) is 6.20 Å². The van der Waals surface area contributed by atoms with E-state index in [-0.39, 0.29) is 0 Å². The maximum Gasteiger partial charge on any atom is 0.146 e. The quantitative estimate of drug-likeness (QED) is 0.897. The average molecular weight is 268 g/mol. The fourth-order valence-electron chi connectivity index (χ4n) is 2.21. The van der Waals surface area contributed by atoms with Crippen molar-refractivity contribution in [2.75, 3.05) is 0 Å². The molecular weight excluding hydrogens is 248 g/mol. The molecule has 3 rings (SSSR count). The minimum Gasteiger partial charge on any atom is -0.455 e. The fraction of sp³-hybridized carbons (Fsp3) is 0.353. The predicted octanol–water partition coefficient (Wildman–Crippen LogP) is 3.74. The van der Waals surface area contributed by atoms with Gasteiger partial charge >= 0.3 is 0 Å². The molecule has 1 fully saturated rings. The molecule has 0 bridgehead atoms. The number of rotatable bonds is 5. The van der Waals surface area contributed by atoms with Crippen LogP contribution in [-0.2, 0) is 6.54 Å². The Labute approximate surface area is 120 Å². The summed E-state index contributed by atoms with van der Waals surface area (Å²) in [4.78, 5) is 4.26. The lowest BCUT2D eigenvalue weighted by Gasteiger charge is -2.10. The highest BCUT2D eigenvalue weighted by Gasteiger charge is 2.19. The van der Waals surface area contributed by atoms with E-state index in [1.165, 1.54) is 24.0 Å². The molecule has 1 saturated carbocycles. The molecule has 0 unspecified atom stereocenters. The molecule has 1 aliphatic carbocycles. The highest BCUT2D eigenvalue weighted by atomic mass is 16.5. The number of aryl methyl sites for hydroxylation is 2. The van der Waals surface area contributed by atoms with Crippen molar-refractivity contribution in [2.45, 2.75) is 39.3 Å². The maximum atomic E-state index is 5.94. The Morgan fingerprint density at radius 1 is 1.20 bits per heavy atom. The second-order valence-corrected chi connectivity index (χ2v) is 5.56. The van der Waals surface area contributed by atoms with Crippen LogP contribution in [0, 0.1) is 13.8 Å². The van der Waals surface area contributed by atoms with E-state index in [4.69, 9.17) is 4.74 Å². The maximum absolute atomic E-state index is 5.94. The Bertz CT molecular complexity index is 606. The summed E-state index contributed by atoms with van der Waals surface area (Å²) in [5.74, 6) is 1.69. The van der Waals surface area contributed by atoms with E-state index in [9.17, 15) is 0 Å². The summed E-state index contributed by atoms with van der Waals surface area (Å²) in [6.45, 7) is 5.01. The first-order valence-electron chi connectivity index (χ1n) is 7.13. The standard InChI is InChI=1S/C17H20N2O/c1-12-3-6-17(13(2)7-12)20-16-8-14(9-18-11-16)10-19-15-4-5-15/h3,6-9,11,15,19H,4-5,10H2,1-2H3. The topological polar surface area (TPSA) is 34.1 Å². The molecule has 0 aliphatic heterocycles. The zero-order chi connectivity index (χ0) is 13.9. The summed E-state index contributed by atoms with van der Waals surface area (Å²) < 4.78 is 5.94. The van der Waals surface area contributed by atoms with Crippen LogP contribution in [0.2, 0.25) is 0 Å². The molecule has 1 N–H and O–H groups in total. The first-order chi connectivity index (χ1) is 9.70. The highest BCUT2D eigenvalue weighted by molar-refractivity contribution is 5.39. The van der Waals surface area contributed by atoms with Crippen LogP contribution < -0.4 is 10.1 Å². The third-order valence-corrected chi connectivity index (χ3v) is 3.50. The molecule has 0 amide bonds. The van der Waals surface area contributed by atoms with Gasteiger partial charge in [-0.25, -0.2) is 0 Å². The number of aromatic nitrogens is 1. The minimum atomic E-state index is 0.707. The average Bonchev–Trinajstić information content (AvgIpc) is 3.24. The van der Waals surface area contributed by atoms with E-state index in [1.807, 2.05) is 12.3 Å². The Kier molecular flexibility index (Phi) is 3.70. The van der Waals surface area contributed by atoms with Gasteiger partial charge in [-0.1, -0.05) is 17.7 Å². The second-order valence-electron chi connectivity index (χ2n) is 5.56. The van der Waals surface area contributed by atoms with Crippen LogP contribution in [0.5, 0.6) is 11.5 Å². The van der Waals surface area contributed by atoms with E-state index in [0.717, 1.165) is 23.6 Å². The molecular formula is C17H20N2O. The van der Waals surface area contributed by atoms with Crippen LogP contribution in [-0.4, -0.2) is 11.0 Å². The molecule has 20 heavy (non-hydrogen) atoms. The molecule has 1 aromatic heterocycles. The summed E-state index contributed by atoms with van der Waals surface area (Å²) in [6, 6.07) is 8.97. The van der Waals surface area contributed by atoms with Gasteiger partial charge < -0.3 is 10.1 Å². The van der Waals surface area contributed by atoms with Gasteiger partial charge in [0.05, 0.1) is 6.20 Å². The van der Waals surface area contributed by atoms with Crippen molar-refractivity contribution < 1.29 is 4.74 Å². The Hall–Kier alpha value is -1.87. The van der Waals surface area contributed by atoms with Gasteiger partial charge in [-0.2, -0.15) is 0 Å². The number of nitrogens with one attached hydrogen (secondary N) is 1. The molecule has 104 valence electrons. The van der Waals surface area contributed by atoms with Gasteiger partial charge in [0.15, 0.2) is 0 Å². The summed E-state index contributed by atoms with van der Waals surface area (Å²) >= 11 is 0. The molecule has 2 aromatic rings. The normalized spacial score (nSPS) is 14.3. The van der Waals surface area contributed by atoms with Crippen LogP contribution in [0.25, 0.3) is 0 Å². The van der Waals surface area contributed by atoms with Crippen molar-refractivity contribution in [3.8, 4) is 11.5 Å². The Morgan fingerprint density at radius 3 is 2.80 bits per heavy atom. The van der Waals surface area contributed by atoms with Crippen LogP contribution >= 0.6 is 0 Å². The molecule has 0 atom stereocenters. The lowest BCUT2D eigenvalue weighted by molar-refractivity contribution is 0.475. The van der Waals surface area contributed by atoms with Crippen molar-refractivity contribution >= 4 is 0 Å². The molecule has 3 nitrogen and oxygen atoms in total. The first kappa shape index (κ1) is 13.1. The van der Waals surface area contributed by atoms with Crippen LogP contribution in [0.3, 0.4) is 0 Å². The lowest BCUT2D eigenvalue weighted by Crippen LogP contribution is -2.15. The molecule has 3 heteroatoms. The van der Waals surface area contributed by atoms with Gasteiger partial charge in [0.25, 0.3) is 0 Å². The molecule has 1 heterocycles. The van der Waals surface area contributed by atoms with Crippen LogP contribution in [0.1, 0.15) is 29.5 Å². The van der Waals surface area contributed by atoms with Crippen molar-refractivity contribution in [1.29, 1.82) is 0 Å². The molecule has 0 radical (unpaired) electrons. The third kappa shape index (κ3) is 3.36. The number of hydrogen-bond donors (Lipinski definition) is 1. The van der Waals surface area contributed by atoms with Crippen LogP contribution in [0.15, 0.2) is 36.7 Å². The van der Waals surface area contributed by atoms with E-state index in [0.29, 0.717) is 6.04 Å². The molecule has 0 spiro atoms. The Balaban J connectivity index is 1.70. The second kappa shape index (κ2) is 5.63. The smallest absolute Gasteiger partial charge is 0.146 e. The van der Waals surface area contributed by atoms with E-state index in [2.05, 4.69) is 42.3 Å². The van der Waals surface area contributed by atoms with E-state index < -0.39 is 0 Å². The fourth-order valence-corrected chi connectivity index (χ4v) is 2.21. The van der Waals surface area contributed by atoms with Gasteiger partial charge in [-0.3, -0.25) is 4.98 Å². The van der Waals surface area contributed by atoms with Crippen molar-refractivity contribution in [3.63, 3.8) is 0 Å². The monoisotopic (exact) mass is 268 g/mol. The Morgan fingerprint density at radius 2 is 2.05 bits per heavy atom. The minimum absolute atomic E-state index is 0.707. The van der Waals surface area contributed by atoms with E-state index >= 15 is 0 Å². The number of benzene rings is 1. The lowest BCUT2D eigenvalue weighted by atomic mass is 10.1. The first-order valence-corrected chi connectivity index (χ1v) is 7.13. The zero-order valence-electron chi connectivity index (χ0n) is 12.0. The van der Waals surface area contributed by atoms with Gasteiger partial charge in [0, 0.05) is 18.8 Å². The van der Waals surface area contributed by atoms with Gasteiger partial charge in [0.1, 0.15) is 11.5 Å². The number of ether oxygens (including phenoxy) is 1.